The highest BCUT2D eigenvalue weighted by atomic mass is 79.9. The van der Waals surface area contributed by atoms with Crippen LogP contribution in [0.5, 0.6) is 11.5 Å². The maximum atomic E-state index is 13.5. The number of amides is 3. The third kappa shape index (κ3) is 6.74. The fourth-order valence-corrected chi connectivity index (χ4v) is 4.66. The molecule has 0 saturated heterocycles. The molecule has 0 aliphatic carbocycles. The van der Waals surface area contributed by atoms with Gasteiger partial charge in [-0.05, 0) is 57.2 Å². The van der Waals surface area contributed by atoms with Gasteiger partial charge in [0.1, 0.15) is 6.54 Å². The predicted octanol–water partition coefficient (Wildman–Crippen LogP) is 4.95. The number of benzene rings is 2. The van der Waals surface area contributed by atoms with E-state index in [2.05, 4.69) is 21.2 Å². The quantitative estimate of drug-likeness (QED) is 0.380. The van der Waals surface area contributed by atoms with E-state index >= 15 is 0 Å². The highest BCUT2D eigenvalue weighted by Gasteiger charge is 2.23. The number of para-hydroxylation sites is 1. The second-order valence-corrected chi connectivity index (χ2v) is 9.73. The molecule has 2 heterocycles. The first-order chi connectivity index (χ1) is 17.0. The van der Waals surface area contributed by atoms with Crippen LogP contribution < -0.4 is 14.8 Å². The third-order valence-corrected chi connectivity index (χ3v) is 6.94. The number of urea groups is 1. The number of nitrogens with one attached hydrogen (secondary N) is 1. The molecule has 3 amide bonds. The zero-order valence-electron chi connectivity index (χ0n) is 19.2. The highest BCUT2D eigenvalue weighted by Crippen LogP contribution is 2.33. The lowest BCUT2D eigenvalue weighted by Crippen LogP contribution is -2.45. The number of anilines is 1. The second-order valence-electron chi connectivity index (χ2n) is 7.84. The lowest BCUT2D eigenvalue weighted by atomic mass is 10.2. The Morgan fingerprint density at radius 2 is 1.89 bits per heavy atom. The summed E-state index contributed by atoms with van der Waals surface area (Å²) in [6, 6.07) is 16.6. The van der Waals surface area contributed by atoms with E-state index in [1.165, 1.54) is 4.90 Å². The number of hydrogen-bond donors (Lipinski definition) is 1. The Morgan fingerprint density at radius 1 is 1.06 bits per heavy atom. The van der Waals surface area contributed by atoms with E-state index in [0.717, 1.165) is 14.9 Å². The number of fused-ring (bicyclic) bond motifs is 1. The number of methoxy groups -OCH3 is 1. The Kier molecular flexibility index (Phi) is 8.62. The number of carbonyl (C=O) groups excluding carboxylic acids is 2. The van der Waals surface area contributed by atoms with Gasteiger partial charge in [-0.3, -0.25) is 4.79 Å². The molecular formula is C25H26BrN3O5S. The molecule has 0 spiro atoms. The maximum absolute atomic E-state index is 13.5. The maximum Gasteiger partial charge on any atom is 0.322 e. The van der Waals surface area contributed by atoms with Crippen LogP contribution >= 0.6 is 27.3 Å². The van der Waals surface area contributed by atoms with Gasteiger partial charge in [-0.1, -0.05) is 24.3 Å². The average molecular weight is 560 g/mol. The smallest absolute Gasteiger partial charge is 0.322 e. The van der Waals surface area contributed by atoms with Crippen LogP contribution in [0.15, 0.2) is 64.5 Å². The first kappa shape index (κ1) is 25.0. The molecule has 3 aromatic rings. The second kappa shape index (κ2) is 12.1. The van der Waals surface area contributed by atoms with Gasteiger partial charge in [0.05, 0.1) is 18.8 Å². The molecule has 0 bridgehead atoms. The molecule has 35 heavy (non-hydrogen) atoms. The number of nitrogens with zero attached hydrogens (tertiary/aromatic N) is 2. The van der Waals surface area contributed by atoms with Crippen LogP contribution in [0.25, 0.3) is 0 Å². The fraction of sp³-hybridized carbons (Fsp3) is 0.280. The van der Waals surface area contributed by atoms with Gasteiger partial charge in [-0.25, -0.2) is 4.79 Å². The van der Waals surface area contributed by atoms with E-state index in [0.29, 0.717) is 36.9 Å². The molecule has 4 rings (SSSR count). The predicted molar refractivity (Wildman–Crippen MR) is 138 cm³/mol. The summed E-state index contributed by atoms with van der Waals surface area (Å²) in [5, 5.41) is 4.85. The van der Waals surface area contributed by atoms with Crippen LogP contribution in [0.3, 0.4) is 0 Å². The van der Waals surface area contributed by atoms with Gasteiger partial charge in [0.2, 0.25) is 12.7 Å². The monoisotopic (exact) mass is 559 g/mol. The van der Waals surface area contributed by atoms with Gasteiger partial charge in [-0.15, -0.1) is 11.3 Å². The van der Waals surface area contributed by atoms with E-state index in [4.69, 9.17) is 14.2 Å². The van der Waals surface area contributed by atoms with Crippen LogP contribution in [0.2, 0.25) is 0 Å². The number of hydrogen-bond acceptors (Lipinski definition) is 6. The summed E-state index contributed by atoms with van der Waals surface area (Å²) >= 11 is 5.03. The highest BCUT2D eigenvalue weighted by molar-refractivity contribution is 9.10. The molecule has 0 saturated carbocycles. The Balaban J connectivity index is 1.50. The molecule has 0 unspecified atom stereocenters. The third-order valence-electron chi connectivity index (χ3n) is 5.38. The summed E-state index contributed by atoms with van der Waals surface area (Å²) in [6.07, 6.45) is 0. The zero-order chi connectivity index (χ0) is 24.6. The Hall–Kier alpha value is -3.08. The standard InChI is InChI=1S/C25H26BrN3O5S/c1-32-11-10-28(25(31)27-21-7-3-2-6-20(21)26)16-24(30)29(15-19-5-4-12-35-19)14-18-8-9-22-23(13-18)34-17-33-22/h2-9,12-13H,10-11,14-17H2,1H3,(H,27,31). The van der Waals surface area contributed by atoms with E-state index in [1.54, 1.807) is 29.4 Å². The molecule has 0 radical (unpaired) electrons. The lowest BCUT2D eigenvalue weighted by Gasteiger charge is -2.28. The Morgan fingerprint density at radius 3 is 2.66 bits per heavy atom. The minimum atomic E-state index is -0.374. The average Bonchev–Trinajstić information content (AvgIpc) is 3.54. The van der Waals surface area contributed by atoms with Crippen molar-refractivity contribution in [1.29, 1.82) is 0 Å². The number of halogens is 1. The summed E-state index contributed by atoms with van der Waals surface area (Å²) in [7, 11) is 1.56. The number of ether oxygens (including phenoxy) is 3. The van der Waals surface area contributed by atoms with E-state index < -0.39 is 0 Å². The molecule has 1 aliphatic rings. The number of carbonyl (C=O) groups is 2. The molecular weight excluding hydrogens is 534 g/mol. The van der Waals surface area contributed by atoms with E-state index in [9.17, 15) is 9.59 Å². The van der Waals surface area contributed by atoms with Crippen molar-refractivity contribution in [3.63, 3.8) is 0 Å². The molecule has 1 aromatic heterocycles. The van der Waals surface area contributed by atoms with Crippen molar-refractivity contribution < 1.29 is 23.8 Å². The largest absolute Gasteiger partial charge is 0.454 e. The number of rotatable bonds is 10. The van der Waals surface area contributed by atoms with Crippen LogP contribution in [-0.2, 0) is 22.6 Å². The fourth-order valence-electron chi connectivity index (χ4n) is 3.56. The van der Waals surface area contributed by atoms with Crippen molar-refractivity contribution in [2.24, 2.45) is 0 Å². The van der Waals surface area contributed by atoms with Crippen molar-refractivity contribution in [3.05, 3.63) is 74.9 Å². The van der Waals surface area contributed by atoms with Crippen LogP contribution in [0.1, 0.15) is 10.4 Å². The van der Waals surface area contributed by atoms with Crippen molar-refractivity contribution in [2.45, 2.75) is 13.1 Å². The van der Waals surface area contributed by atoms with Crippen molar-refractivity contribution in [3.8, 4) is 11.5 Å². The van der Waals surface area contributed by atoms with Crippen LogP contribution in [-0.4, -0.2) is 55.3 Å². The molecule has 10 heteroatoms. The van der Waals surface area contributed by atoms with E-state index in [-0.39, 0.29) is 31.8 Å². The minimum absolute atomic E-state index is 0.0877. The zero-order valence-corrected chi connectivity index (χ0v) is 21.6. The molecule has 1 N–H and O–H groups in total. The first-order valence-corrected chi connectivity index (χ1v) is 12.7. The SMILES string of the molecule is COCCN(CC(=O)N(Cc1ccc2c(c1)OCO2)Cc1cccs1)C(=O)Nc1ccccc1Br. The lowest BCUT2D eigenvalue weighted by molar-refractivity contribution is -0.133. The summed E-state index contributed by atoms with van der Waals surface area (Å²) in [5.41, 5.74) is 1.54. The summed E-state index contributed by atoms with van der Waals surface area (Å²) < 4.78 is 16.8. The van der Waals surface area contributed by atoms with Crippen molar-refractivity contribution in [1.82, 2.24) is 9.80 Å². The van der Waals surface area contributed by atoms with E-state index in [1.807, 2.05) is 53.9 Å². The summed E-state index contributed by atoms with van der Waals surface area (Å²) in [4.78, 5) is 30.8. The summed E-state index contributed by atoms with van der Waals surface area (Å²) in [5.74, 6) is 1.19. The Bertz CT molecular complexity index is 1160. The molecule has 1 aliphatic heterocycles. The molecule has 8 nitrogen and oxygen atoms in total. The molecule has 184 valence electrons. The van der Waals surface area contributed by atoms with Crippen molar-refractivity contribution in [2.75, 3.05) is 38.9 Å². The van der Waals surface area contributed by atoms with Gasteiger partial charge < -0.3 is 29.3 Å². The van der Waals surface area contributed by atoms with Gasteiger partial charge in [-0.2, -0.15) is 0 Å². The summed E-state index contributed by atoms with van der Waals surface area (Å²) in [6.45, 7) is 1.50. The van der Waals surface area contributed by atoms with Crippen LogP contribution in [0.4, 0.5) is 10.5 Å². The molecule has 0 fully saturated rings. The Labute approximate surface area is 216 Å². The minimum Gasteiger partial charge on any atom is -0.454 e. The van der Waals surface area contributed by atoms with Gasteiger partial charge in [0.25, 0.3) is 0 Å². The van der Waals surface area contributed by atoms with Gasteiger partial charge >= 0.3 is 6.03 Å². The normalized spacial score (nSPS) is 11.8. The number of thiophene rings is 1. The van der Waals surface area contributed by atoms with Crippen LogP contribution in [0, 0.1) is 0 Å². The van der Waals surface area contributed by atoms with Crippen molar-refractivity contribution >= 4 is 44.9 Å². The molecule has 0 atom stereocenters. The van der Waals surface area contributed by atoms with Gasteiger partial charge in [0.15, 0.2) is 11.5 Å². The van der Waals surface area contributed by atoms with Gasteiger partial charge in [0, 0.05) is 29.5 Å². The first-order valence-electron chi connectivity index (χ1n) is 11.0. The molecule has 2 aromatic carbocycles. The topological polar surface area (TPSA) is 80.3 Å².